The highest BCUT2D eigenvalue weighted by molar-refractivity contribution is 7.91. The molecule has 0 aliphatic rings. The van der Waals surface area contributed by atoms with Gasteiger partial charge in [0.2, 0.25) is 0 Å². The van der Waals surface area contributed by atoms with E-state index in [1.54, 1.807) is 6.92 Å². The van der Waals surface area contributed by atoms with Crippen LogP contribution < -0.4 is 4.90 Å². The lowest BCUT2D eigenvalue weighted by Gasteiger charge is -2.27. The largest absolute Gasteiger partial charge is 0.405 e. The molecule has 0 aliphatic heterocycles. The first kappa shape index (κ1) is 18.1. The van der Waals surface area contributed by atoms with E-state index in [4.69, 9.17) is 11.6 Å². The Morgan fingerprint density at radius 1 is 1.24 bits per heavy atom. The smallest absolute Gasteiger partial charge is 0.360 e. The predicted octanol–water partition coefficient (Wildman–Crippen LogP) is 3.48. The highest BCUT2D eigenvalue weighted by Gasteiger charge is 2.32. The predicted molar refractivity (Wildman–Crippen MR) is 77.8 cm³/mol. The number of nitrogens with zero attached hydrogens (tertiary/aromatic N) is 1. The molecule has 0 heterocycles. The van der Waals surface area contributed by atoms with E-state index < -0.39 is 22.6 Å². The van der Waals surface area contributed by atoms with Crippen LogP contribution in [0.15, 0.2) is 29.2 Å². The number of sulfone groups is 1. The third kappa shape index (κ3) is 5.39. The zero-order valence-corrected chi connectivity index (χ0v) is 13.1. The lowest BCUT2D eigenvalue weighted by molar-refractivity contribution is -0.119. The van der Waals surface area contributed by atoms with Gasteiger partial charge in [-0.25, -0.2) is 8.42 Å². The Bertz CT molecular complexity index is 561. The van der Waals surface area contributed by atoms with Crippen LogP contribution in [0, 0.1) is 0 Å². The Labute approximate surface area is 127 Å². The molecule has 1 rings (SSSR count). The van der Waals surface area contributed by atoms with E-state index in [-0.39, 0.29) is 28.8 Å². The molecule has 0 saturated carbocycles. The van der Waals surface area contributed by atoms with Crippen molar-refractivity contribution in [2.24, 2.45) is 0 Å². The molecule has 0 spiro atoms. The van der Waals surface area contributed by atoms with Crippen molar-refractivity contribution >= 4 is 27.1 Å². The van der Waals surface area contributed by atoms with E-state index >= 15 is 0 Å². The zero-order valence-electron chi connectivity index (χ0n) is 11.5. The molecule has 0 saturated heterocycles. The van der Waals surface area contributed by atoms with Gasteiger partial charge in [0.05, 0.1) is 16.3 Å². The molecule has 0 atom stereocenters. The molecule has 0 bridgehead atoms. The fraction of sp³-hybridized carbons (Fsp3) is 0.538. The van der Waals surface area contributed by atoms with Crippen molar-refractivity contribution in [1.29, 1.82) is 0 Å². The van der Waals surface area contributed by atoms with Crippen LogP contribution in [0.4, 0.5) is 18.9 Å². The summed E-state index contributed by atoms with van der Waals surface area (Å²) >= 11 is 5.54. The van der Waals surface area contributed by atoms with Gasteiger partial charge in [-0.05, 0) is 18.6 Å². The monoisotopic (exact) mass is 343 g/mol. The molecule has 0 aromatic heterocycles. The average Bonchev–Trinajstić information content (AvgIpc) is 2.37. The normalized spacial score (nSPS) is 12.4. The van der Waals surface area contributed by atoms with Gasteiger partial charge in [-0.15, -0.1) is 11.6 Å². The summed E-state index contributed by atoms with van der Waals surface area (Å²) in [6.45, 7) is 0.379. The topological polar surface area (TPSA) is 37.4 Å². The van der Waals surface area contributed by atoms with Crippen LogP contribution in [0.2, 0.25) is 0 Å². The minimum absolute atomic E-state index is 0.0295. The fourth-order valence-corrected chi connectivity index (χ4v) is 3.73. The van der Waals surface area contributed by atoms with Crippen LogP contribution in [-0.2, 0) is 9.84 Å². The van der Waals surface area contributed by atoms with Crippen LogP contribution in [0.5, 0.6) is 0 Å². The van der Waals surface area contributed by atoms with Gasteiger partial charge >= 0.3 is 6.18 Å². The molecule has 1 aromatic rings. The summed E-state index contributed by atoms with van der Waals surface area (Å²) in [6, 6.07) is 5.72. The van der Waals surface area contributed by atoms with Gasteiger partial charge in [-0.2, -0.15) is 13.2 Å². The average molecular weight is 344 g/mol. The summed E-state index contributed by atoms with van der Waals surface area (Å²) in [4.78, 5) is 0.872. The number of hydrogen-bond donors (Lipinski definition) is 0. The maximum Gasteiger partial charge on any atom is 0.405 e. The zero-order chi connectivity index (χ0) is 16.1. The highest BCUT2D eigenvalue weighted by atomic mass is 35.5. The van der Waals surface area contributed by atoms with Crippen LogP contribution >= 0.6 is 11.6 Å². The van der Waals surface area contributed by atoms with Crippen molar-refractivity contribution in [1.82, 2.24) is 0 Å². The number of rotatable bonds is 7. The second kappa shape index (κ2) is 7.35. The highest BCUT2D eigenvalue weighted by Crippen LogP contribution is 2.29. The summed E-state index contributed by atoms with van der Waals surface area (Å²) in [5.74, 6) is -0.136. The van der Waals surface area contributed by atoms with Crippen molar-refractivity contribution in [3.8, 4) is 0 Å². The van der Waals surface area contributed by atoms with Crippen LogP contribution in [0.1, 0.15) is 13.3 Å². The Morgan fingerprint density at radius 2 is 1.86 bits per heavy atom. The quantitative estimate of drug-likeness (QED) is 0.711. The minimum Gasteiger partial charge on any atom is -0.360 e. The fourth-order valence-electron chi connectivity index (χ4n) is 1.96. The maximum atomic E-state index is 12.7. The molecular formula is C13H17ClF3NO2S. The summed E-state index contributed by atoms with van der Waals surface area (Å²) < 4.78 is 62.3. The van der Waals surface area contributed by atoms with E-state index in [9.17, 15) is 21.6 Å². The maximum absolute atomic E-state index is 12.7. The lowest BCUT2D eigenvalue weighted by atomic mass is 10.3. The Hall–Kier alpha value is -0.950. The number of anilines is 1. The summed E-state index contributed by atoms with van der Waals surface area (Å²) in [5.41, 5.74) is 0.0453. The molecule has 0 N–H and O–H groups in total. The number of benzene rings is 1. The van der Waals surface area contributed by atoms with E-state index in [2.05, 4.69) is 0 Å². The van der Waals surface area contributed by atoms with Gasteiger partial charge < -0.3 is 4.90 Å². The van der Waals surface area contributed by atoms with Gasteiger partial charge in [-0.1, -0.05) is 19.1 Å². The first-order valence-corrected chi connectivity index (χ1v) is 8.59. The van der Waals surface area contributed by atoms with Crippen molar-refractivity contribution in [2.75, 3.05) is 29.6 Å². The summed E-state index contributed by atoms with van der Waals surface area (Å²) in [6.07, 6.45) is -4.04. The second-order valence-electron chi connectivity index (χ2n) is 4.51. The molecule has 3 nitrogen and oxygen atoms in total. The van der Waals surface area contributed by atoms with Gasteiger partial charge in [0.15, 0.2) is 9.84 Å². The number of para-hydroxylation sites is 1. The number of alkyl halides is 4. The van der Waals surface area contributed by atoms with Crippen LogP contribution in [0.25, 0.3) is 0 Å². The Morgan fingerprint density at radius 3 is 2.38 bits per heavy atom. The van der Waals surface area contributed by atoms with E-state index in [0.717, 1.165) is 4.90 Å². The molecule has 0 radical (unpaired) electrons. The van der Waals surface area contributed by atoms with Crippen molar-refractivity contribution in [3.05, 3.63) is 24.3 Å². The second-order valence-corrected chi connectivity index (χ2v) is 6.97. The Balaban J connectivity index is 3.26. The van der Waals surface area contributed by atoms with Crippen molar-refractivity contribution in [3.63, 3.8) is 0 Å². The summed E-state index contributed by atoms with van der Waals surface area (Å²) in [5, 5.41) is 0. The van der Waals surface area contributed by atoms with Crippen molar-refractivity contribution < 1.29 is 21.6 Å². The van der Waals surface area contributed by atoms with E-state index in [1.165, 1.54) is 24.3 Å². The first-order chi connectivity index (χ1) is 9.71. The molecule has 21 heavy (non-hydrogen) atoms. The van der Waals surface area contributed by atoms with E-state index in [1.807, 2.05) is 0 Å². The number of hydrogen-bond acceptors (Lipinski definition) is 3. The van der Waals surface area contributed by atoms with Gasteiger partial charge in [0.1, 0.15) is 6.54 Å². The van der Waals surface area contributed by atoms with Gasteiger partial charge in [0, 0.05) is 12.4 Å². The first-order valence-electron chi connectivity index (χ1n) is 6.40. The van der Waals surface area contributed by atoms with Crippen molar-refractivity contribution in [2.45, 2.75) is 24.4 Å². The molecular weight excluding hydrogens is 327 g/mol. The standard InChI is InChI=1S/C13H17ClF3NO2S/c1-2-9-21(19,20)12-6-4-3-5-11(12)18(8-7-14)10-13(15,16)17/h3-6H,2,7-10H2,1H3. The Kier molecular flexibility index (Phi) is 6.34. The van der Waals surface area contributed by atoms with Gasteiger partial charge in [-0.3, -0.25) is 0 Å². The molecule has 1 aromatic carbocycles. The third-order valence-electron chi connectivity index (χ3n) is 2.74. The molecule has 0 amide bonds. The SMILES string of the molecule is CCCS(=O)(=O)c1ccccc1N(CCCl)CC(F)(F)F. The van der Waals surface area contributed by atoms with E-state index in [0.29, 0.717) is 6.42 Å². The molecule has 120 valence electrons. The summed E-state index contributed by atoms with van der Waals surface area (Å²) in [7, 11) is -3.61. The number of halogens is 4. The molecule has 0 aliphatic carbocycles. The third-order valence-corrected chi connectivity index (χ3v) is 4.87. The van der Waals surface area contributed by atoms with Gasteiger partial charge in [0.25, 0.3) is 0 Å². The van der Waals surface area contributed by atoms with Crippen LogP contribution in [0.3, 0.4) is 0 Å². The molecule has 8 heteroatoms. The molecule has 0 unspecified atom stereocenters. The minimum atomic E-state index is -4.44. The lowest BCUT2D eigenvalue weighted by Crippen LogP contribution is -2.36. The molecule has 0 fully saturated rings. The van der Waals surface area contributed by atoms with Crippen LogP contribution in [-0.4, -0.2) is 39.3 Å².